The maximum Gasteiger partial charge on any atom is 0.303 e. The van der Waals surface area contributed by atoms with Crippen molar-refractivity contribution in [1.29, 1.82) is 0 Å². The number of carboxylic acid groups (broad SMARTS) is 1. The van der Waals surface area contributed by atoms with Gasteiger partial charge in [-0.2, -0.15) is 0 Å². The molecule has 0 rings (SSSR count). The highest BCUT2D eigenvalue weighted by Gasteiger charge is 1.96. The Morgan fingerprint density at radius 2 is 1.31 bits per heavy atom. The van der Waals surface area contributed by atoms with Crippen LogP contribution >= 0.6 is 11.8 Å². The average molecular weight is 250 g/mol. The van der Waals surface area contributed by atoms with E-state index in [0.717, 1.165) is 25.8 Å². The van der Waals surface area contributed by atoms with E-state index < -0.39 is 5.97 Å². The summed E-state index contributed by atoms with van der Waals surface area (Å²) in [7, 11) is 0. The largest absolute Gasteiger partial charge is 0.481 e. The van der Waals surface area contributed by atoms with Crippen LogP contribution in [-0.2, 0) is 4.79 Å². The summed E-state index contributed by atoms with van der Waals surface area (Å²) in [5.74, 6) is -0.673. The molecule has 4 heteroatoms. The molecular formula is C12H24ClNO2. The third-order valence-corrected chi connectivity index (χ3v) is 2.85. The predicted octanol–water partition coefficient (Wildman–Crippen LogP) is 3.72. The highest BCUT2D eigenvalue weighted by Crippen LogP contribution is 2.10. The summed E-state index contributed by atoms with van der Waals surface area (Å²) in [5, 5.41) is 8.44. The number of nitrogens with one attached hydrogen (secondary N) is 1. The fourth-order valence-corrected chi connectivity index (χ4v) is 1.84. The first-order valence-corrected chi connectivity index (χ1v) is 6.70. The van der Waals surface area contributed by atoms with Gasteiger partial charge in [-0.3, -0.25) is 4.79 Å². The first kappa shape index (κ1) is 15.7. The zero-order valence-electron chi connectivity index (χ0n) is 10.0. The summed E-state index contributed by atoms with van der Waals surface area (Å²) in [6, 6.07) is 0. The van der Waals surface area contributed by atoms with E-state index in [0.29, 0.717) is 6.42 Å². The molecule has 0 radical (unpaired) electrons. The molecule has 0 aliphatic rings. The molecule has 0 atom stereocenters. The van der Waals surface area contributed by atoms with Gasteiger partial charge in [-0.15, -0.1) is 0 Å². The maximum absolute atomic E-state index is 10.2. The van der Waals surface area contributed by atoms with E-state index in [2.05, 4.69) is 4.84 Å². The molecule has 0 unspecified atom stereocenters. The monoisotopic (exact) mass is 249 g/mol. The van der Waals surface area contributed by atoms with Crippen molar-refractivity contribution in [2.24, 2.45) is 0 Å². The zero-order chi connectivity index (χ0) is 12.1. The predicted molar refractivity (Wildman–Crippen MR) is 67.7 cm³/mol. The van der Waals surface area contributed by atoms with Crippen molar-refractivity contribution in [3.8, 4) is 0 Å². The third kappa shape index (κ3) is 13.7. The molecule has 3 nitrogen and oxygen atoms in total. The molecule has 0 heterocycles. The number of aliphatic carboxylic acids is 1. The van der Waals surface area contributed by atoms with Crippen molar-refractivity contribution in [2.75, 3.05) is 6.54 Å². The Hall–Kier alpha value is -0.280. The van der Waals surface area contributed by atoms with Gasteiger partial charge in [-0.05, 0) is 24.6 Å². The number of carboxylic acids is 1. The Kier molecular flexibility index (Phi) is 12.6. The number of halogens is 1. The molecule has 0 saturated carbocycles. The van der Waals surface area contributed by atoms with E-state index in [4.69, 9.17) is 16.9 Å². The topological polar surface area (TPSA) is 49.3 Å². The number of rotatable bonds is 12. The molecule has 96 valence electrons. The van der Waals surface area contributed by atoms with Crippen molar-refractivity contribution in [3.63, 3.8) is 0 Å². The van der Waals surface area contributed by atoms with Crippen LogP contribution in [0.3, 0.4) is 0 Å². The van der Waals surface area contributed by atoms with Gasteiger partial charge in [0.1, 0.15) is 0 Å². The zero-order valence-corrected chi connectivity index (χ0v) is 10.8. The van der Waals surface area contributed by atoms with Crippen LogP contribution < -0.4 is 4.84 Å². The number of hydrogen-bond acceptors (Lipinski definition) is 2. The highest BCUT2D eigenvalue weighted by atomic mass is 35.5. The molecule has 0 aromatic rings. The first-order chi connectivity index (χ1) is 7.77. The average Bonchev–Trinajstić information content (AvgIpc) is 2.25. The van der Waals surface area contributed by atoms with Crippen LogP contribution in [0.5, 0.6) is 0 Å². The minimum Gasteiger partial charge on any atom is -0.481 e. The van der Waals surface area contributed by atoms with E-state index in [1.807, 2.05) is 0 Å². The molecule has 0 aliphatic heterocycles. The number of carbonyl (C=O) groups is 1. The molecule has 0 saturated heterocycles. The molecule has 0 amide bonds. The van der Waals surface area contributed by atoms with Gasteiger partial charge in [0.15, 0.2) is 0 Å². The van der Waals surface area contributed by atoms with Gasteiger partial charge < -0.3 is 5.11 Å². The Bertz CT molecular complexity index is 165. The lowest BCUT2D eigenvalue weighted by molar-refractivity contribution is -0.137. The molecule has 16 heavy (non-hydrogen) atoms. The Morgan fingerprint density at radius 3 is 1.75 bits per heavy atom. The van der Waals surface area contributed by atoms with Crippen LogP contribution in [0.2, 0.25) is 0 Å². The van der Waals surface area contributed by atoms with E-state index >= 15 is 0 Å². The maximum atomic E-state index is 10.2. The van der Waals surface area contributed by atoms with Crippen LogP contribution in [0.15, 0.2) is 0 Å². The summed E-state index contributed by atoms with van der Waals surface area (Å²) >= 11 is 5.34. The molecule has 0 spiro atoms. The van der Waals surface area contributed by atoms with Crippen LogP contribution in [0, 0.1) is 0 Å². The molecule has 0 aromatic carbocycles. The van der Waals surface area contributed by atoms with Gasteiger partial charge in [-0.25, -0.2) is 4.84 Å². The van der Waals surface area contributed by atoms with Crippen LogP contribution in [0.4, 0.5) is 0 Å². The Balaban J connectivity index is 2.90. The number of hydrogen-bond donors (Lipinski definition) is 2. The molecule has 0 fully saturated rings. The van der Waals surface area contributed by atoms with E-state index in [1.54, 1.807) is 0 Å². The second-order valence-corrected chi connectivity index (χ2v) is 4.48. The smallest absolute Gasteiger partial charge is 0.303 e. The summed E-state index contributed by atoms with van der Waals surface area (Å²) in [4.78, 5) is 12.9. The lowest BCUT2D eigenvalue weighted by Crippen LogP contribution is -1.99. The van der Waals surface area contributed by atoms with E-state index in [1.165, 1.54) is 38.5 Å². The number of unbranched alkanes of at least 4 members (excludes halogenated alkanes) is 8. The van der Waals surface area contributed by atoms with Crippen LogP contribution in [0.1, 0.15) is 64.2 Å². The quantitative estimate of drug-likeness (QED) is 0.409. The summed E-state index contributed by atoms with van der Waals surface area (Å²) in [6.07, 6.45) is 10.9. The summed E-state index contributed by atoms with van der Waals surface area (Å²) in [5.41, 5.74) is 0. The first-order valence-electron chi connectivity index (χ1n) is 6.32. The van der Waals surface area contributed by atoms with Gasteiger partial charge in [-0.1, -0.05) is 44.9 Å². The molecular weight excluding hydrogens is 226 g/mol. The summed E-state index contributed by atoms with van der Waals surface area (Å²) < 4.78 is 0. The van der Waals surface area contributed by atoms with Gasteiger partial charge in [0.25, 0.3) is 0 Å². The lowest BCUT2D eigenvalue weighted by atomic mass is 10.1. The second kappa shape index (κ2) is 12.8. The Morgan fingerprint density at radius 1 is 0.875 bits per heavy atom. The fourth-order valence-electron chi connectivity index (χ4n) is 1.71. The van der Waals surface area contributed by atoms with Gasteiger partial charge >= 0.3 is 5.97 Å². The molecule has 0 bridgehead atoms. The van der Waals surface area contributed by atoms with E-state index in [-0.39, 0.29) is 0 Å². The molecule has 2 N–H and O–H groups in total. The minimum absolute atomic E-state index is 0.325. The summed E-state index contributed by atoms with van der Waals surface area (Å²) in [6.45, 7) is 0.900. The standard InChI is InChI=1S/C12H24ClNO2/c13-14-11-9-7-5-3-1-2-4-6-8-10-12(15)16/h14H,1-11H2,(H,15,16). The fraction of sp³-hybridized carbons (Fsp3) is 0.917. The molecule has 0 aromatic heterocycles. The highest BCUT2D eigenvalue weighted by molar-refractivity contribution is 6.13. The normalized spacial score (nSPS) is 10.6. The van der Waals surface area contributed by atoms with Gasteiger partial charge in [0.05, 0.1) is 0 Å². The van der Waals surface area contributed by atoms with Crippen molar-refractivity contribution in [1.82, 2.24) is 4.84 Å². The van der Waals surface area contributed by atoms with Crippen molar-refractivity contribution >= 4 is 17.7 Å². The van der Waals surface area contributed by atoms with E-state index in [9.17, 15) is 4.79 Å². The van der Waals surface area contributed by atoms with Crippen molar-refractivity contribution in [3.05, 3.63) is 0 Å². The third-order valence-electron chi connectivity index (χ3n) is 2.66. The van der Waals surface area contributed by atoms with Gasteiger partial charge in [0.2, 0.25) is 0 Å². The van der Waals surface area contributed by atoms with Crippen LogP contribution in [-0.4, -0.2) is 17.6 Å². The Labute approximate surface area is 104 Å². The molecule has 0 aliphatic carbocycles. The van der Waals surface area contributed by atoms with Crippen LogP contribution in [0.25, 0.3) is 0 Å². The second-order valence-electron chi connectivity index (χ2n) is 4.21. The van der Waals surface area contributed by atoms with Crippen molar-refractivity contribution in [2.45, 2.75) is 64.2 Å². The lowest BCUT2D eigenvalue weighted by Gasteiger charge is -2.01. The van der Waals surface area contributed by atoms with Crippen molar-refractivity contribution < 1.29 is 9.90 Å². The minimum atomic E-state index is -0.673. The van der Waals surface area contributed by atoms with Gasteiger partial charge in [0, 0.05) is 13.0 Å². The SMILES string of the molecule is O=C(O)CCCCCCCCCCCNCl.